The van der Waals surface area contributed by atoms with Crippen molar-refractivity contribution in [3.05, 3.63) is 0 Å². The van der Waals surface area contributed by atoms with Crippen molar-refractivity contribution in [2.75, 3.05) is 19.0 Å². The molecule has 1 rings (SSSR count). The van der Waals surface area contributed by atoms with E-state index in [1.54, 1.807) is 0 Å². The molecule has 0 aliphatic carbocycles. The Bertz CT molecular complexity index is 146. The second-order valence-electron chi connectivity index (χ2n) is 2.86. The topological polar surface area (TPSA) is 38.3 Å². The van der Waals surface area contributed by atoms with E-state index in [4.69, 9.17) is 16.3 Å². The van der Waals surface area contributed by atoms with E-state index < -0.39 is 0 Å². The predicted molar refractivity (Wildman–Crippen MR) is 47.3 cm³/mol. The maximum atomic E-state index is 11.2. The van der Waals surface area contributed by atoms with Gasteiger partial charge >= 0.3 is 5.97 Å². The minimum absolute atomic E-state index is 0.0691. The maximum absolute atomic E-state index is 11.2. The Morgan fingerprint density at radius 2 is 2.50 bits per heavy atom. The first kappa shape index (κ1) is 9.81. The van der Waals surface area contributed by atoms with Crippen LogP contribution < -0.4 is 5.32 Å². The van der Waals surface area contributed by atoms with Crippen LogP contribution in [0, 0.1) is 0 Å². The van der Waals surface area contributed by atoms with Crippen molar-refractivity contribution in [1.29, 1.82) is 0 Å². The fourth-order valence-electron chi connectivity index (χ4n) is 1.21. The fraction of sp³-hybridized carbons (Fsp3) is 0.875. The summed E-state index contributed by atoms with van der Waals surface area (Å²) >= 11 is 5.44. The van der Waals surface area contributed by atoms with Gasteiger partial charge < -0.3 is 10.1 Å². The minimum Gasteiger partial charge on any atom is -0.464 e. The lowest BCUT2D eigenvalue weighted by Crippen LogP contribution is -2.32. The van der Waals surface area contributed by atoms with Gasteiger partial charge in [0.15, 0.2) is 0 Å². The summed E-state index contributed by atoms with van der Waals surface area (Å²) < 4.78 is 4.98. The highest BCUT2D eigenvalue weighted by molar-refractivity contribution is 6.17. The Kier molecular flexibility index (Phi) is 4.40. The zero-order valence-corrected chi connectivity index (χ0v) is 7.77. The van der Waals surface area contributed by atoms with Gasteiger partial charge in [-0.1, -0.05) is 0 Å². The first-order valence-corrected chi connectivity index (χ1v) is 4.84. The number of halogens is 1. The van der Waals surface area contributed by atoms with Gasteiger partial charge in [-0.3, -0.25) is 4.79 Å². The van der Waals surface area contributed by atoms with Gasteiger partial charge in [0, 0.05) is 5.88 Å². The SMILES string of the molecule is O=C(OCCCCl)C1CCCN1. The van der Waals surface area contributed by atoms with Crippen LogP contribution in [0.25, 0.3) is 0 Å². The third-order valence-corrected chi connectivity index (χ3v) is 2.13. The average Bonchev–Trinajstić information content (AvgIpc) is 2.56. The number of alkyl halides is 1. The molecular formula is C8H14ClNO2. The summed E-state index contributed by atoms with van der Waals surface area (Å²) in [7, 11) is 0. The van der Waals surface area contributed by atoms with Gasteiger partial charge in [0.2, 0.25) is 0 Å². The highest BCUT2D eigenvalue weighted by Gasteiger charge is 2.22. The summed E-state index contributed by atoms with van der Waals surface area (Å²) in [6.45, 7) is 1.37. The molecule has 1 saturated heterocycles. The summed E-state index contributed by atoms with van der Waals surface area (Å²) in [6, 6.07) is -0.0691. The second-order valence-corrected chi connectivity index (χ2v) is 3.24. The molecule has 1 aliphatic rings. The number of hydrogen-bond donors (Lipinski definition) is 1. The lowest BCUT2D eigenvalue weighted by molar-refractivity contribution is -0.145. The van der Waals surface area contributed by atoms with Gasteiger partial charge in [0.1, 0.15) is 6.04 Å². The van der Waals surface area contributed by atoms with Crippen molar-refractivity contribution in [3.8, 4) is 0 Å². The van der Waals surface area contributed by atoms with E-state index in [9.17, 15) is 4.79 Å². The van der Waals surface area contributed by atoms with E-state index in [0.717, 1.165) is 25.8 Å². The second kappa shape index (κ2) is 5.38. The van der Waals surface area contributed by atoms with Gasteiger partial charge in [-0.2, -0.15) is 0 Å². The van der Waals surface area contributed by atoms with Crippen molar-refractivity contribution < 1.29 is 9.53 Å². The molecule has 0 bridgehead atoms. The van der Waals surface area contributed by atoms with Crippen LogP contribution in [-0.4, -0.2) is 31.0 Å². The maximum Gasteiger partial charge on any atom is 0.323 e. The smallest absolute Gasteiger partial charge is 0.323 e. The number of carbonyl (C=O) groups is 1. The van der Waals surface area contributed by atoms with Crippen LogP contribution in [0.2, 0.25) is 0 Å². The fourth-order valence-corrected chi connectivity index (χ4v) is 1.32. The van der Waals surface area contributed by atoms with Crippen LogP contribution in [-0.2, 0) is 9.53 Å². The minimum atomic E-state index is -0.127. The molecule has 1 fully saturated rings. The van der Waals surface area contributed by atoms with Gasteiger partial charge in [-0.05, 0) is 25.8 Å². The molecule has 3 nitrogen and oxygen atoms in total. The Balaban J connectivity index is 2.10. The molecule has 0 radical (unpaired) electrons. The van der Waals surface area contributed by atoms with E-state index in [1.807, 2.05) is 0 Å². The number of hydrogen-bond acceptors (Lipinski definition) is 3. The largest absolute Gasteiger partial charge is 0.464 e. The van der Waals surface area contributed by atoms with Crippen molar-refractivity contribution >= 4 is 17.6 Å². The molecule has 1 unspecified atom stereocenters. The molecule has 0 amide bonds. The van der Waals surface area contributed by atoms with E-state index in [2.05, 4.69) is 5.32 Å². The molecule has 70 valence electrons. The Labute approximate surface area is 77.4 Å². The van der Waals surface area contributed by atoms with Crippen LogP contribution in [0.15, 0.2) is 0 Å². The molecule has 0 spiro atoms. The zero-order chi connectivity index (χ0) is 8.81. The number of carbonyl (C=O) groups excluding carboxylic acids is 1. The molecule has 0 aromatic carbocycles. The third-order valence-electron chi connectivity index (χ3n) is 1.87. The standard InChI is InChI=1S/C8H14ClNO2/c9-4-2-6-12-8(11)7-3-1-5-10-7/h7,10H,1-6H2. The molecule has 4 heteroatoms. The van der Waals surface area contributed by atoms with Crippen LogP contribution in [0.5, 0.6) is 0 Å². The molecular weight excluding hydrogens is 178 g/mol. The number of nitrogens with one attached hydrogen (secondary N) is 1. The quantitative estimate of drug-likeness (QED) is 0.408. The molecule has 1 N–H and O–H groups in total. The summed E-state index contributed by atoms with van der Waals surface area (Å²) in [5.41, 5.74) is 0. The molecule has 12 heavy (non-hydrogen) atoms. The van der Waals surface area contributed by atoms with Crippen molar-refractivity contribution in [2.45, 2.75) is 25.3 Å². The van der Waals surface area contributed by atoms with E-state index in [0.29, 0.717) is 12.5 Å². The van der Waals surface area contributed by atoms with Crippen LogP contribution in [0.3, 0.4) is 0 Å². The lowest BCUT2D eigenvalue weighted by atomic mass is 10.2. The average molecular weight is 192 g/mol. The van der Waals surface area contributed by atoms with Crippen molar-refractivity contribution in [3.63, 3.8) is 0 Å². The van der Waals surface area contributed by atoms with Gasteiger partial charge in [0.05, 0.1) is 6.61 Å². The van der Waals surface area contributed by atoms with Crippen LogP contribution in [0.1, 0.15) is 19.3 Å². The first-order chi connectivity index (χ1) is 5.84. The van der Waals surface area contributed by atoms with Gasteiger partial charge in [-0.25, -0.2) is 0 Å². The molecule has 0 aromatic heterocycles. The Hall–Kier alpha value is -0.280. The summed E-state index contributed by atoms with van der Waals surface area (Å²) in [6.07, 6.45) is 2.70. The van der Waals surface area contributed by atoms with Crippen LogP contribution in [0.4, 0.5) is 0 Å². The highest BCUT2D eigenvalue weighted by atomic mass is 35.5. The van der Waals surface area contributed by atoms with Crippen molar-refractivity contribution in [1.82, 2.24) is 5.32 Å². The summed E-state index contributed by atoms with van der Waals surface area (Å²) in [5, 5.41) is 3.08. The van der Waals surface area contributed by atoms with Crippen molar-refractivity contribution in [2.24, 2.45) is 0 Å². The molecule has 0 aromatic rings. The number of rotatable bonds is 4. The summed E-state index contributed by atoms with van der Waals surface area (Å²) in [5.74, 6) is 0.420. The third kappa shape index (κ3) is 2.99. The van der Waals surface area contributed by atoms with E-state index in [1.165, 1.54) is 0 Å². The number of ether oxygens (including phenoxy) is 1. The van der Waals surface area contributed by atoms with Gasteiger partial charge in [0.25, 0.3) is 0 Å². The molecule has 0 saturated carbocycles. The highest BCUT2D eigenvalue weighted by Crippen LogP contribution is 2.06. The van der Waals surface area contributed by atoms with Gasteiger partial charge in [-0.15, -0.1) is 11.6 Å². The van der Waals surface area contributed by atoms with E-state index >= 15 is 0 Å². The first-order valence-electron chi connectivity index (χ1n) is 4.30. The predicted octanol–water partition coefficient (Wildman–Crippen LogP) is 0.911. The lowest BCUT2D eigenvalue weighted by Gasteiger charge is -2.08. The number of esters is 1. The zero-order valence-electron chi connectivity index (χ0n) is 7.01. The monoisotopic (exact) mass is 191 g/mol. The normalized spacial score (nSPS) is 22.6. The van der Waals surface area contributed by atoms with Crippen LogP contribution >= 0.6 is 11.6 Å². The Morgan fingerprint density at radius 1 is 1.67 bits per heavy atom. The molecule has 1 heterocycles. The summed E-state index contributed by atoms with van der Waals surface area (Å²) in [4.78, 5) is 11.2. The van der Waals surface area contributed by atoms with E-state index in [-0.39, 0.29) is 12.0 Å². The Morgan fingerprint density at radius 3 is 3.08 bits per heavy atom. The molecule has 1 aliphatic heterocycles. The molecule has 1 atom stereocenters.